The first kappa shape index (κ1) is 20.8. The average molecular weight is 425 g/mol. The van der Waals surface area contributed by atoms with Gasteiger partial charge in [0.2, 0.25) is 11.8 Å². The molecule has 0 aliphatic carbocycles. The Kier molecular flexibility index (Phi) is 6.32. The van der Waals surface area contributed by atoms with Gasteiger partial charge < -0.3 is 14.9 Å². The summed E-state index contributed by atoms with van der Waals surface area (Å²) in [5.74, 6) is 1.21. The van der Waals surface area contributed by atoms with E-state index in [1.807, 2.05) is 23.1 Å². The lowest BCUT2D eigenvalue weighted by atomic mass is 9.90. The van der Waals surface area contributed by atoms with Crippen LogP contribution in [-0.4, -0.2) is 51.6 Å². The van der Waals surface area contributed by atoms with Gasteiger partial charge in [-0.15, -0.1) is 11.8 Å². The van der Waals surface area contributed by atoms with E-state index in [1.165, 1.54) is 12.5 Å². The van der Waals surface area contributed by atoms with E-state index in [0.29, 0.717) is 17.2 Å². The van der Waals surface area contributed by atoms with Gasteiger partial charge in [0.25, 0.3) is 0 Å². The van der Waals surface area contributed by atoms with Crippen molar-refractivity contribution in [3.63, 3.8) is 0 Å². The molecule has 0 aromatic heterocycles. The molecule has 0 spiro atoms. The van der Waals surface area contributed by atoms with E-state index in [2.05, 4.69) is 24.3 Å². The summed E-state index contributed by atoms with van der Waals surface area (Å²) in [6.07, 6.45) is 3.03. The number of hydrogen-bond acceptors (Lipinski definition) is 4. The number of likely N-dealkylation sites (tertiary alicyclic amines) is 1. The fraction of sp³-hybridized carbons (Fsp3) is 0.417. The summed E-state index contributed by atoms with van der Waals surface area (Å²) in [4.78, 5) is 29.3. The second-order valence-electron chi connectivity index (χ2n) is 8.14. The number of piperidine rings is 1. The fourth-order valence-electron chi connectivity index (χ4n) is 4.53. The Hall–Kier alpha value is -2.47. The van der Waals surface area contributed by atoms with Crippen LogP contribution in [0.25, 0.3) is 0 Å². The van der Waals surface area contributed by atoms with Gasteiger partial charge in [-0.05, 0) is 36.8 Å². The number of hydrogen-bond donors (Lipinski definition) is 1. The quantitative estimate of drug-likeness (QED) is 0.810. The average Bonchev–Trinajstić information content (AvgIpc) is 3.20. The van der Waals surface area contributed by atoms with E-state index in [-0.39, 0.29) is 22.9 Å². The van der Waals surface area contributed by atoms with Gasteiger partial charge in [0, 0.05) is 31.3 Å². The molecule has 2 saturated heterocycles. The lowest BCUT2D eigenvalue weighted by Gasteiger charge is -2.36. The van der Waals surface area contributed by atoms with Gasteiger partial charge in [-0.25, -0.2) is 0 Å². The summed E-state index contributed by atoms with van der Waals surface area (Å²) in [5.41, 5.74) is 2.04. The number of rotatable bonds is 4. The number of aromatic hydroxyl groups is 1. The highest BCUT2D eigenvalue weighted by Gasteiger charge is 2.43. The van der Waals surface area contributed by atoms with E-state index >= 15 is 0 Å². The van der Waals surface area contributed by atoms with Crippen LogP contribution in [-0.2, 0) is 16.0 Å². The third-order valence-corrected chi connectivity index (χ3v) is 7.45. The standard InChI is InChI=1S/C24H28N2O3S/c1-17(27)26-21(16-30-24(26)20-9-5-6-10-22(20)28)23(29)25-13-11-19(12-14-25)15-18-7-3-2-4-8-18/h2-10,19,21,24,28H,11-16H2,1H3. The molecule has 2 aliphatic heterocycles. The molecule has 2 heterocycles. The third kappa shape index (κ3) is 4.33. The zero-order valence-electron chi connectivity index (χ0n) is 17.2. The van der Waals surface area contributed by atoms with Crippen LogP contribution in [0.4, 0.5) is 0 Å². The van der Waals surface area contributed by atoms with E-state index in [4.69, 9.17) is 0 Å². The minimum Gasteiger partial charge on any atom is -0.508 e. The Balaban J connectivity index is 1.41. The van der Waals surface area contributed by atoms with E-state index < -0.39 is 6.04 Å². The monoisotopic (exact) mass is 424 g/mol. The Bertz CT molecular complexity index is 896. The number of amides is 2. The van der Waals surface area contributed by atoms with Crippen molar-refractivity contribution in [1.82, 2.24) is 9.80 Å². The van der Waals surface area contributed by atoms with Crippen LogP contribution in [0, 0.1) is 5.92 Å². The van der Waals surface area contributed by atoms with Gasteiger partial charge in [-0.3, -0.25) is 9.59 Å². The summed E-state index contributed by atoms with van der Waals surface area (Å²) < 4.78 is 0. The van der Waals surface area contributed by atoms with Gasteiger partial charge in [-0.2, -0.15) is 0 Å². The summed E-state index contributed by atoms with van der Waals surface area (Å²) >= 11 is 1.55. The van der Waals surface area contributed by atoms with Crippen molar-refractivity contribution in [2.24, 2.45) is 5.92 Å². The maximum Gasteiger partial charge on any atom is 0.246 e. The molecular formula is C24H28N2O3S. The van der Waals surface area contributed by atoms with Crippen LogP contribution in [0.2, 0.25) is 0 Å². The lowest BCUT2D eigenvalue weighted by molar-refractivity contribution is -0.144. The van der Waals surface area contributed by atoms with Gasteiger partial charge >= 0.3 is 0 Å². The Morgan fingerprint density at radius 3 is 2.37 bits per heavy atom. The predicted molar refractivity (Wildman–Crippen MR) is 119 cm³/mol. The van der Waals surface area contributed by atoms with Crippen molar-refractivity contribution in [2.45, 2.75) is 37.6 Å². The molecule has 2 unspecified atom stereocenters. The van der Waals surface area contributed by atoms with Crippen LogP contribution in [0.5, 0.6) is 5.75 Å². The molecule has 0 bridgehead atoms. The number of phenolic OH excluding ortho intramolecular Hbond substituents is 1. The van der Waals surface area contributed by atoms with Gasteiger partial charge in [0.15, 0.2) is 0 Å². The molecule has 158 valence electrons. The molecule has 2 fully saturated rings. The number of carbonyl (C=O) groups is 2. The molecule has 5 nitrogen and oxygen atoms in total. The molecule has 2 aliphatic rings. The SMILES string of the molecule is CC(=O)N1C(C(=O)N2CCC(Cc3ccccc3)CC2)CSC1c1ccccc1O. The van der Waals surface area contributed by atoms with Gasteiger partial charge in [0.1, 0.15) is 17.2 Å². The molecule has 0 radical (unpaired) electrons. The number of benzene rings is 2. The number of phenols is 1. The van der Waals surface area contributed by atoms with E-state index in [9.17, 15) is 14.7 Å². The molecule has 6 heteroatoms. The summed E-state index contributed by atoms with van der Waals surface area (Å²) in [6.45, 7) is 2.99. The Labute approximate surface area is 182 Å². The van der Waals surface area contributed by atoms with Crippen molar-refractivity contribution in [1.29, 1.82) is 0 Å². The summed E-state index contributed by atoms with van der Waals surface area (Å²) in [7, 11) is 0. The molecular weight excluding hydrogens is 396 g/mol. The van der Waals surface area contributed by atoms with E-state index in [1.54, 1.807) is 28.8 Å². The van der Waals surface area contributed by atoms with E-state index in [0.717, 1.165) is 32.4 Å². The molecule has 4 rings (SSSR count). The number of para-hydroxylation sites is 1. The largest absolute Gasteiger partial charge is 0.508 e. The zero-order valence-corrected chi connectivity index (χ0v) is 18.1. The minimum atomic E-state index is -0.470. The van der Waals surface area contributed by atoms with Gasteiger partial charge in [0.05, 0.1) is 0 Å². The minimum absolute atomic E-state index is 0.0359. The first-order valence-corrected chi connectivity index (χ1v) is 11.6. The Morgan fingerprint density at radius 2 is 1.70 bits per heavy atom. The number of nitrogens with zero attached hydrogens (tertiary/aromatic N) is 2. The van der Waals surface area contributed by atoms with Crippen LogP contribution < -0.4 is 0 Å². The predicted octanol–water partition coefficient (Wildman–Crippen LogP) is 3.84. The van der Waals surface area contributed by atoms with Crippen molar-refractivity contribution in [3.05, 3.63) is 65.7 Å². The maximum absolute atomic E-state index is 13.3. The number of carbonyl (C=O) groups excluding carboxylic acids is 2. The van der Waals surface area contributed by atoms with Crippen molar-refractivity contribution in [3.8, 4) is 5.75 Å². The summed E-state index contributed by atoms with van der Waals surface area (Å²) in [5, 5.41) is 9.92. The fourth-order valence-corrected chi connectivity index (χ4v) is 6.04. The topological polar surface area (TPSA) is 60.9 Å². The lowest BCUT2D eigenvalue weighted by Crippen LogP contribution is -2.51. The molecule has 1 N–H and O–H groups in total. The first-order chi connectivity index (χ1) is 14.5. The second kappa shape index (κ2) is 9.13. The summed E-state index contributed by atoms with van der Waals surface area (Å²) in [6, 6.07) is 17.1. The van der Waals surface area contributed by atoms with Crippen LogP contribution in [0.15, 0.2) is 54.6 Å². The molecule has 2 atom stereocenters. The van der Waals surface area contributed by atoms with Crippen LogP contribution in [0.1, 0.15) is 36.3 Å². The Morgan fingerprint density at radius 1 is 1.03 bits per heavy atom. The second-order valence-corrected chi connectivity index (χ2v) is 9.26. The number of thioether (sulfide) groups is 1. The normalized spacial score (nSPS) is 22.3. The van der Waals surface area contributed by atoms with Crippen LogP contribution >= 0.6 is 11.8 Å². The van der Waals surface area contributed by atoms with Crippen LogP contribution in [0.3, 0.4) is 0 Å². The zero-order chi connectivity index (χ0) is 21.1. The molecule has 2 amide bonds. The first-order valence-electron chi connectivity index (χ1n) is 10.6. The van der Waals surface area contributed by atoms with Crippen molar-refractivity contribution in [2.75, 3.05) is 18.8 Å². The molecule has 30 heavy (non-hydrogen) atoms. The molecule has 0 saturated carbocycles. The third-order valence-electron chi connectivity index (χ3n) is 6.15. The molecule has 2 aromatic carbocycles. The highest BCUT2D eigenvalue weighted by molar-refractivity contribution is 7.99. The highest BCUT2D eigenvalue weighted by atomic mass is 32.2. The van der Waals surface area contributed by atoms with Crippen molar-refractivity contribution >= 4 is 23.6 Å². The molecule has 2 aromatic rings. The van der Waals surface area contributed by atoms with Gasteiger partial charge in [-0.1, -0.05) is 48.5 Å². The van der Waals surface area contributed by atoms with Crippen molar-refractivity contribution < 1.29 is 14.7 Å². The highest BCUT2D eigenvalue weighted by Crippen LogP contribution is 2.44. The maximum atomic E-state index is 13.3. The smallest absolute Gasteiger partial charge is 0.246 e.